The number of amides is 2. The molecule has 3 rings (SSSR count). The summed E-state index contributed by atoms with van der Waals surface area (Å²) in [5, 5.41) is 13.5. The van der Waals surface area contributed by atoms with Crippen molar-refractivity contribution >= 4 is 22.8 Å². The molecule has 3 aromatic rings. The van der Waals surface area contributed by atoms with Gasteiger partial charge in [-0.15, -0.1) is 0 Å². The molecule has 0 radical (unpaired) electrons. The summed E-state index contributed by atoms with van der Waals surface area (Å²) in [7, 11) is 1.60. The lowest BCUT2D eigenvalue weighted by molar-refractivity contribution is 0.170. The third kappa shape index (κ3) is 6.20. The number of urea groups is 1. The maximum absolute atomic E-state index is 13.4. The molecule has 1 atom stereocenters. The van der Waals surface area contributed by atoms with Crippen molar-refractivity contribution in [3.05, 3.63) is 47.8 Å². The Balaban J connectivity index is 1.81. The molecule has 2 amide bonds. The molecule has 0 spiro atoms. The van der Waals surface area contributed by atoms with Crippen molar-refractivity contribution in [2.24, 2.45) is 0 Å². The number of rotatable bonds is 12. The van der Waals surface area contributed by atoms with Crippen molar-refractivity contribution in [1.82, 2.24) is 14.9 Å². The van der Waals surface area contributed by atoms with Crippen LogP contribution in [0.25, 0.3) is 11.0 Å². The van der Waals surface area contributed by atoms with Gasteiger partial charge in [0, 0.05) is 48.7 Å². The third-order valence-electron chi connectivity index (χ3n) is 5.96. The number of hydrogen-bond donors (Lipinski definition) is 3. The van der Waals surface area contributed by atoms with Crippen molar-refractivity contribution in [2.75, 3.05) is 25.6 Å². The van der Waals surface area contributed by atoms with Crippen molar-refractivity contribution in [3.8, 4) is 11.5 Å². The van der Waals surface area contributed by atoms with Crippen LogP contribution in [0.1, 0.15) is 50.7 Å². The van der Waals surface area contributed by atoms with Crippen LogP contribution < -0.4 is 14.8 Å². The Morgan fingerprint density at radius 2 is 2.09 bits per heavy atom. The smallest absolute Gasteiger partial charge is 0.322 e. The summed E-state index contributed by atoms with van der Waals surface area (Å²) >= 11 is 0. The number of aliphatic hydroxyl groups is 1. The van der Waals surface area contributed by atoms with E-state index >= 15 is 0 Å². The molecule has 34 heavy (non-hydrogen) atoms. The van der Waals surface area contributed by atoms with E-state index < -0.39 is 0 Å². The molecular weight excluding hydrogens is 432 g/mol. The fourth-order valence-corrected chi connectivity index (χ4v) is 3.98. The van der Waals surface area contributed by atoms with Crippen LogP contribution in [-0.4, -0.2) is 52.4 Å². The number of methoxy groups -OCH3 is 1. The molecule has 184 valence electrons. The summed E-state index contributed by atoms with van der Waals surface area (Å²) < 4.78 is 11.3. The van der Waals surface area contributed by atoms with Crippen LogP contribution in [0.2, 0.25) is 0 Å². The fourth-order valence-electron chi connectivity index (χ4n) is 3.98. The quantitative estimate of drug-likeness (QED) is 0.315. The topological polar surface area (TPSA) is 99.7 Å². The van der Waals surface area contributed by atoms with Gasteiger partial charge in [0.05, 0.1) is 13.7 Å². The zero-order valence-electron chi connectivity index (χ0n) is 20.6. The minimum Gasteiger partial charge on any atom is -0.493 e. The van der Waals surface area contributed by atoms with Gasteiger partial charge in [-0.3, -0.25) is 0 Å². The van der Waals surface area contributed by atoms with Crippen LogP contribution >= 0.6 is 0 Å². The van der Waals surface area contributed by atoms with Gasteiger partial charge < -0.3 is 29.8 Å². The van der Waals surface area contributed by atoms with Crippen molar-refractivity contribution in [1.29, 1.82) is 0 Å². The maximum Gasteiger partial charge on any atom is 0.322 e. The largest absolute Gasteiger partial charge is 0.493 e. The molecule has 0 aliphatic rings. The number of nitrogens with zero attached hydrogens (tertiary/aromatic N) is 2. The number of aryl methyl sites for hydroxylation is 1. The molecule has 0 bridgehead atoms. The first-order chi connectivity index (χ1) is 16.5. The maximum atomic E-state index is 13.4. The van der Waals surface area contributed by atoms with Gasteiger partial charge in [0.2, 0.25) is 0 Å². The first-order valence-electron chi connectivity index (χ1n) is 11.9. The van der Waals surface area contributed by atoms with Crippen LogP contribution in [0, 0.1) is 6.92 Å². The second-order valence-corrected chi connectivity index (χ2v) is 8.51. The standard InChI is InChI=1S/C26H36N4O4/c1-5-6-7-14-34-23-15-21(8-9-22(23)33-4)29-26(32)30(19(3)11-13-31)17-20-10-12-27-25-24(20)18(2)16-28-25/h8-10,12,15-16,19,31H,5-7,11,13-14,17H2,1-4H3,(H,27,28)(H,29,32)/t19-/m0/s1. The zero-order valence-corrected chi connectivity index (χ0v) is 20.6. The monoisotopic (exact) mass is 468 g/mol. The molecule has 0 aliphatic carbocycles. The number of unbranched alkanes of at least 4 members (excludes halogenated alkanes) is 2. The molecule has 8 heteroatoms. The first-order valence-corrected chi connectivity index (χ1v) is 11.9. The molecule has 0 unspecified atom stereocenters. The average molecular weight is 469 g/mol. The van der Waals surface area contributed by atoms with Crippen molar-refractivity contribution in [2.45, 2.75) is 59.0 Å². The van der Waals surface area contributed by atoms with Crippen molar-refractivity contribution < 1.29 is 19.4 Å². The van der Waals surface area contributed by atoms with Crippen LogP contribution in [-0.2, 0) is 6.54 Å². The van der Waals surface area contributed by atoms with Gasteiger partial charge in [-0.1, -0.05) is 19.8 Å². The number of H-pyrrole nitrogens is 1. The van der Waals surface area contributed by atoms with Gasteiger partial charge in [-0.25, -0.2) is 9.78 Å². The number of ether oxygens (including phenoxy) is 2. The molecule has 0 saturated heterocycles. The summed E-state index contributed by atoms with van der Waals surface area (Å²) in [6, 6.07) is 6.90. The van der Waals surface area contributed by atoms with E-state index in [1.165, 1.54) is 0 Å². The SMILES string of the molecule is CCCCCOc1cc(NC(=O)N(Cc2ccnc3[nH]cc(C)c23)[C@@H](C)CCO)ccc1OC. The summed E-state index contributed by atoms with van der Waals surface area (Å²) in [5.74, 6) is 1.23. The van der Waals surface area contributed by atoms with E-state index in [0.29, 0.717) is 36.8 Å². The molecule has 0 saturated carbocycles. The highest BCUT2D eigenvalue weighted by Gasteiger charge is 2.22. The number of fused-ring (bicyclic) bond motifs is 1. The van der Waals surface area contributed by atoms with Gasteiger partial charge in [-0.05, 0) is 56.0 Å². The van der Waals surface area contributed by atoms with Crippen molar-refractivity contribution in [3.63, 3.8) is 0 Å². The third-order valence-corrected chi connectivity index (χ3v) is 5.96. The lowest BCUT2D eigenvalue weighted by Gasteiger charge is -2.29. The Kier molecular flexibility index (Phi) is 9.16. The van der Waals surface area contributed by atoms with E-state index in [9.17, 15) is 9.90 Å². The molecule has 2 aromatic heterocycles. The molecule has 0 fully saturated rings. The molecule has 2 heterocycles. The number of nitrogens with one attached hydrogen (secondary N) is 2. The van der Waals surface area contributed by atoms with E-state index in [1.54, 1.807) is 36.4 Å². The van der Waals surface area contributed by atoms with E-state index in [0.717, 1.165) is 41.4 Å². The minimum atomic E-state index is -0.249. The second kappa shape index (κ2) is 12.3. The molecule has 8 nitrogen and oxygen atoms in total. The highest BCUT2D eigenvalue weighted by molar-refractivity contribution is 5.90. The lowest BCUT2D eigenvalue weighted by Crippen LogP contribution is -2.41. The van der Waals surface area contributed by atoms with Gasteiger partial charge >= 0.3 is 6.03 Å². The molecule has 1 aromatic carbocycles. The van der Waals surface area contributed by atoms with Gasteiger partial charge in [0.1, 0.15) is 5.65 Å². The number of aliphatic hydroxyl groups excluding tert-OH is 1. The number of benzene rings is 1. The first kappa shape index (κ1) is 25.4. The van der Waals surface area contributed by atoms with Crippen LogP contribution in [0.5, 0.6) is 11.5 Å². The highest BCUT2D eigenvalue weighted by Crippen LogP contribution is 2.31. The van der Waals surface area contributed by atoms with Crippen LogP contribution in [0.4, 0.5) is 10.5 Å². The second-order valence-electron chi connectivity index (χ2n) is 8.51. The Hall–Kier alpha value is -3.26. The summed E-state index contributed by atoms with van der Waals surface area (Å²) in [5.41, 5.74) is 3.49. The number of hydrogen-bond acceptors (Lipinski definition) is 5. The number of carbonyl (C=O) groups is 1. The van der Waals surface area contributed by atoms with Gasteiger partial charge in [-0.2, -0.15) is 0 Å². The highest BCUT2D eigenvalue weighted by atomic mass is 16.5. The summed E-state index contributed by atoms with van der Waals surface area (Å²) in [4.78, 5) is 22.7. The van der Waals surface area contributed by atoms with Gasteiger partial charge in [0.15, 0.2) is 11.5 Å². The van der Waals surface area contributed by atoms with E-state index in [1.807, 2.05) is 26.1 Å². The van der Waals surface area contributed by atoms with Crippen LogP contribution in [0.3, 0.4) is 0 Å². The van der Waals surface area contributed by atoms with Gasteiger partial charge in [0.25, 0.3) is 0 Å². The fraction of sp³-hybridized carbons (Fsp3) is 0.462. The molecular formula is C26H36N4O4. The lowest BCUT2D eigenvalue weighted by atomic mass is 10.1. The minimum absolute atomic E-state index is 0.00182. The van der Waals surface area contributed by atoms with E-state index in [4.69, 9.17) is 9.47 Å². The number of aromatic nitrogens is 2. The number of carbonyl (C=O) groups excluding carboxylic acids is 1. The Morgan fingerprint density at radius 3 is 2.82 bits per heavy atom. The normalized spacial score (nSPS) is 11.9. The number of aromatic amines is 1. The predicted molar refractivity (Wildman–Crippen MR) is 135 cm³/mol. The van der Waals surface area contributed by atoms with Crippen LogP contribution in [0.15, 0.2) is 36.7 Å². The summed E-state index contributed by atoms with van der Waals surface area (Å²) in [6.07, 6.45) is 7.31. The Morgan fingerprint density at radius 1 is 1.26 bits per heavy atom. The number of anilines is 1. The Labute approximate surface area is 201 Å². The predicted octanol–water partition coefficient (Wildman–Crippen LogP) is 5.25. The van der Waals surface area contributed by atoms with E-state index in [2.05, 4.69) is 22.2 Å². The van der Waals surface area contributed by atoms with E-state index in [-0.39, 0.29) is 18.7 Å². The zero-order chi connectivity index (χ0) is 24.5. The number of pyridine rings is 1. The molecule has 3 N–H and O–H groups in total. The Bertz CT molecular complexity index is 1080. The molecule has 0 aliphatic heterocycles. The average Bonchev–Trinajstić information content (AvgIpc) is 3.22. The summed E-state index contributed by atoms with van der Waals surface area (Å²) in [6.45, 7) is 7.09.